The first kappa shape index (κ1) is 13.7. The molecule has 1 atom stereocenters. The van der Waals surface area contributed by atoms with E-state index in [0.717, 1.165) is 24.1 Å². The summed E-state index contributed by atoms with van der Waals surface area (Å²) in [6.45, 7) is 8.82. The molecule has 0 saturated carbocycles. The molecule has 1 unspecified atom stereocenters. The molecule has 0 fully saturated rings. The number of aryl methyl sites for hydroxylation is 2. The summed E-state index contributed by atoms with van der Waals surface area (Å²) in [6, 6.07) is 3.57. The fourth-order valence-corrected chi connectivity index (χ4v) is 2.07. The summed E-state index contributed by atoms with van der Waals surface area (Å²) in [4.78, 5) is 11.1. The topological polar surface area (TPSA) is 49.3 Å². The van der Waals surface area contributed by atoms with Crippen molar-refractivity contribution in [2.45, 2.75) is 40.2 Å². The van der Waals surface area contributed by atoms with Crippen molar-refractivity contribution in [1.82, 2.24) is 5.32 Å². The van der Waals surface area contributed by atoms with E-state index in [1.54, 1.807) is 0 Å². The predicted molar refractivity (Wildman–Crippen MR) is 69.3 cm³/mol. The van der Waals surface area contributed by atoms with Gasteiger partial charge < -0.3 is 10.4 Å². The first-order valence-corrected chi connectivity index (χ1v) is 6.16. The second kappa shape index (κ2) is 5.82. The fraction of sp³-hybridized carbons (Fsp3) is 0.500. The molecule has 1 aliphatic heterocycles. The molecule has 0 spiro atoms. The number of fused-ring (bicyclic) bond motifs is 1. The van der Waals surface area contributed by atoms with Crippen LogP contribution in [0, 0.1) is 13.8 Å². The Hall–Kier alpha value is -1.35. The van der Waals surface area contributed by atoms with Crippen LogP contribution >= 0.6 is 0 Å². The Labute approximate surface area is 103 Å². The average molecular weight is 235 g/mol. The van der Waals surface area contributed by atoms with Crippen molar-refractivity contribution in [3.8, 4) is 0 Å². The van der Waals surface area contributed by atoms with Gasteiger partial charge in [-0.1, -0.05) is 26.0 Å². The Morgan fingerprint density at radius 2 is 1.88 bits per heavy atom. The number of nitrogens with one attached hydrogen (secondary N) is 1. The van der Waals surface area contributed by atoms with Gasteiger partial charge in [0.05, 0.1) is 0 Å². The van der Waals surface area contributed by atoms with Gasteiger partial charge in [0.15, 0.2) is 0 Å². The van der Waals surface area contributed by atoms with Gasteiger partial charge in [-0.25, -0.2) is 0 Å². The predicted octanol–water partition coefficient (Wildman–Crippen LogP) is 2.60. The van der Waals surface area contributed by atoms with E-state index in [-0.39, 0.29) is 0 Å². The van der Waals surface area contributed by atoms with Gasteiger partial charge in [-0.2, -0.15) is 0 Å². The van der Waals surface area contributed by atoms with Crippen LogP contribution in [0.5, 0.6) is 0 Å². The Morgan fingerprint density at radius 1 is 1.29 bits per heavy atom. The van der Waals surface area contributed by atoms with Crippen molar-refractivity contribution in [3.63, 3.8) is 0 Å². The van der Waals surface area contributed by atoms with E-state index in [4.69, 9.17) is 5.11 Å². The number of carboxylic acid groups (broad SMARTS) is 1. The van der Waals surface area contributed by atoms with Gasteiger partial charge in [0, 0.05) is 6.54 Å². The molecule has 3 heteroatoms. The molecule has 94 valence electrons. The summed E-state index contributed by atoms with van der Waals surface area (Å²) in [6.07, 6.45) is 0.917. The summed E-state index contributed by atoms with van der Waals surface area (Å²) in [5.74, 6) is -0.792. The summed E-state index contributed by atoms with van der Waals surface area (Å²) in [5.41, 5.74) is 4.49. The van der Waals surface area contributed by atoms with Gasteiger partial charge >= 0.3 is 5.97 Å². The van der Waals surface area contributed by atoms with Crippen LogP contribution in [0.3, 0.4) is 0 Å². The summed E-state index contributed by atoms with van der Waals surface area (Å²) in [7, 11) is 0. The van der Waals surface area contributed by atoms with Gasteiger partial charge in [-0.3, -0.25) is 4.79 Å². The maximum atomic E-state index is 11.1. The highest BCUT2D eigenvalue weighted by Gasteiger charge is 2.25. The number of hydrogen-bond donors (Lipinski definition) is 2. The highest BCUT2D eigenvalue weighted by molar-refractivity contribution is 5.76. The van der Waals surface area contributed by atoms with E-state index < -0.39 is 12.0 Å². The molecule has 1 aromatic rings. The molecule has 0 saturated heterocycles. The van der Waals surface area contributed by atoms with Gasteiger partial charge in [-0.05, 0) is 42.5 Å². The second-order valence-electron chi connectivity index (χ2n) is 4.11. The van der Waals surface area contributed by atoms with Crippen LogP contribution in [0.4, 0.5) is 0 Å². The number of rotatable bonds is 1. The van der Waals surface area contributed by atoms with Crippen molar-refractivity contribution in [3.05, 3.63) is 34.4 Å². The van der Waals surface area contributed by atoms with E-state index in [9.17, 15) is 4.79 Å². The number of carboxylic acids is 1. The molecule has 17 heavy (non-hydrogen) atoms. The van der Waals surface area contributed by atoms with Crippen LogP contribution in [0.15, 0.2) is 12.1 Å². The molecule has 0 radical (unpaired) electrons. The molecule has 1 aliphatic rings. The maximum absolute atomic E-state index is 11.1. The molecule has 2 N–H and O–H groups in total. The molecule has 0 bridgehead atoms. The zero-order chi connectivity index (χ0) is 13.0. The largest absolute Gasteiger partial charge is 0.480 e. The van der Waals surface area contributed by atoms with Crippen LogP contribution in [0.1, 0.15) is 42.1 Å². The molecule has 1 heterocycles. The van der Waals surface area contributed by atoms with Gasteiger partial charge in [0.2, 0.25) is 0 Å². The summed E-state index contributed by atoms with van der Waals surface area (Å²) >= 11 is 0. The Morgan fingerprint density at radius 3 is 2.47 bits per heavy atom. The van der Waals surface area contributed by atoms with Crippen LogP contribution in [0.2, 0.25) is 0 Å². The SMILES string of the molecule is CC.Cc1cc2c(cc1C)C(C(=O)O)NCC2. The Kier molecular flexibility index (Phi) is 4.70. The van der Waals surface area contributed by atoms with Gasteiger partial charge in [-0.15, -0.1) is 0 Å². The molecule has 0 amide bonds. The van der Waals surface area contributed by atoms with Crippen molar-refractivity contribution in [2.24, 2.45) is 0 Å². The highest BCUT2D eigenvalue weighted by atomic mass is 16.4. The first-order valence-electron chi connectivity index (χ1n) is 6.16. The zero-order valence-electron chi connectivity index (χ0n) is 11.0. The highest BCUT2D eigenvalue weighted by Crippen LogP contribution is 2.26. The number of benzene rings is 1. The van der Waals surface area contributed by atoms with Gasteiger partial charge in [0.25, 0.3) is 0 Å². The Bertz CT molecular complexity index is 413. The zero-order valence-corrected chi connectivity index (χ0v) is 11.0. The number of aliphatic carboxylic acids is 1. The minimum absolute atomic E-state index is 0.534. The molecule has 3 nitrogen and oxygen atoms in total. The third-order valence-corrected chi connectivity index (χ3v) is 3.06. The monoisotopic (exact) mass is 235 g/mol. The number of carbonyl (C=O) groups is 1. The molecule has 0 aromatic heterocycles. The number of hydrogen-bond acceptors (Lipinski definition) is 2. The fourth-order valence-electron chi connectivity index (χ4n) is 2.07. The third-order valence-electron chi connectivity index (χ3n) is 3.06. The molecule has 1 aromatic carbocycles. The lowest BCUT2D eigenvalue weighted by Gasteiger charge is -2.25. The second-order valence-corrected chi connectivity index (χ2v) is 4.11. The molecular formula is C14H21NO2. The molecular weight excluding hydrogens is 214 g/mol. The van der Waals surface area contributed by atoms with Crippen LogP contribution in [0.25, 0.3) is 0 Å². The smallest absolute Gasteiger partial charge is 0.325 e. The van der Waals surface area contributed by atoms with E-state index in [1.165, 1.54) is 11.1 Å². The van der Waals surface area contributed by atoms with Crippen molar-refractivity contribution in [1.29, 1.82) is 0 Å². The molecule has 0 aliphatic carbocycles. The van der Waals surface area contributed by atoms with Crippen LogP contribution < -0.4 is 5.32 Å². The molecule has 2 rings (SSSR count). The maximum Gasteiger partial charge on any atom is 0.325 e. The van der Waals surface area contributed by atoms with E-state index >= 15 is 0 Å². The summed E-state index contributed by atoms with van der Waals surface area (Å²) in [5, 5.41) is 12.1. The minimum Gasteiger partial charge on any atom is -0.480 e. The first-order chi connectivity index (χ1) is 8.09. The van der Waals surface area contributed by atoms with Crippen LogP contribution in [-0.2, 0) is 11.2 Å². The lowest BCUT2D eigenvalue weighted by atomic mass is 9.90. The quantitative estimate of drug-likeness (QED) is 0.786. The Balaban J connectivity index is 0.000000686. The van der Waals surface area contributed by atoms with Crippen molar-refractivity contribution < 1.29 is 9.90 Å². The normalized spacial score (nSPS) is 17.8. The van der Waals surface area contributed by atoms with E-state index in [0.29, 0.717) is 0 Å². The van der Waals surface area contributed by atoms with Crippen molar-refractivity contribution >= 4 is 5.97 Å². The van der Waals surface area contributed by atoms with E-state index in [2.05, 4.69) is 18.3 Å². The van der Waals surface area contributed by atoms with Crippen molar-refractivity contribution in [2.75, 3.05) is 6.54 Å². The van der Waals surface area contributed by atoms with E-state index in [1.807, 2.05) is 26.8 Å². The van der Waals surface area contributed by atoms with Crippen LogP contribution in [-0.4, -0.2) is 17.6 Å². The van der Waals surface area contributed by atoms with Gasteiger partial charge in [0.1, 0.15) is 6.04 Å². The summed E-state index contributed by atoms with van der Waals surface area (Å²) < 4.78 is 0. The standard InChI is InChI=1S/C12H15NO2.C2H6/c1-7-5-9-3-4-13-11(12(14)15)10(9)6-8(7)2;1-2/h5-6,11,13H,3-4H2,1-2H3,(H,14,15);1-2H3. The average Bonchev–Trinajstić information content (AvgIpc) is 2.32. The lowest BCUT2D eigenvalue weighted by molar-refractivity contribution is -0.139. The third kappa shape index (κ3) is 2.86. The lowest BCUT2D eigenvalue weighted by Crippen LogP contribution is -2.35. The minimum atomic E-state index is -0.792.